The van der Waals surface area contributed by atoms with E-state index in [1.165, 1.54) is 14.2 Å². The summed E-state index contributed by atoms with van der Waals surface area (Å²) in [5, 5.41) is 0. The van der Waals surface area contributed by atoms with Crippen molar-refractivity contribution in [1.29, 1.82) is 0 Å². The van der Waals surface area contributed by atoms with E-state index in [0.29, 0.717) is 25.9 Å². The Balaban J connectivity index is 2.78. The number of amides is 1. The number of halogens is 1. The Bertz CT molecular complexity index is 449. The topological polar surface area (TPSA) is 82.1 Å². The van der Waals surface area contributed by atoms with Gasteiger partial charge in [0.25, 0.3) is 0 Å². The van der Waals surface area contributed by atoms with Crippen molar-refractivity contribution in [3.63, 3.8) is 0 Å². The quantitative estimate of drug-likeness (QED) is 0.316. The van der Waals surface area contributed by atoms with Gasteiger partial charge in [-0.2, -0.15) is 0 Å². The lowest BCUT2D eigenvalue weighted by molar-refractivity contribution is -0.158. The van der Waals surface area contributed by atoms with E-state index in [1.54, 1.807) is 25.7 Å². The average Bonchev–Trinajstić information content (AvgIpc) is 2.50. The van der Waals surface area contributed by atoms with Crippen LogP contribution in [0.3, 0.4) is 0 Å². The van der Waals surface area contributed by atoms with E-state index in [4.69, 9.17) is 14.2 Å². The van der Waals surface area contributed by atoms with Gasteiger partial charge >= 0.3 is 18.0 Å². The Kier molecular flexibility index (Phi) is 6.44. The predicted octanol–water partition coefficient (Wildman–Crippen LogP) is 2.11. The van der Waals surface area contributed by atoms with Crippen LogP contribution in [0, 0.1) is 5.92 Å². The molecule has 1 aliphatic rings. The van der Waals surface area contributed by atoms with Crippen LogP contribution in [0.2, 0.25) is 0 Å². The zero-order valence-corrected chi connectivity index (χ0v) is 15.8. The van der Waals surface area contributed by atoms with Crippen molar-refractivity contribution >= 4 is 34.0 Å². The maximum atomic E-state index is 12.1. The molecule has 0 unspecified atom stereocenters. The minimum atomic E-state index is -1.55. The first kappa shape index (κ1) is 19.7. The van der Waals surface area contributed by atoms with Gasteiger partial charge in [0.15, 0.2) is 0 Å². The summed E-state index contributed by atoms with van der Waals surface area (Å²) < 4.78 is 13.3. The molecule has 23 heavy (non-hydrogen) atoms. The van der Waals surface area contributed by atoms with Gasteiger partial charge in [0.1, 0.15) is 5.60 Å². The molecule has 1 saturated heterocycles. The number of piperidine rings is 1. The second-order valence-corrected chi connectivity index (χ2v) is 7.69. The molecule has 0 bridgehead atoms. The van der Waals surface area contributed by atoms with Gasteiger partial charge in [0.2, 0.25) is 4.32 Å². The summed E-state index contributed by atoms with van der Waals surface area (Å²) >= 11 is 3.22. The summed E-state index contributed by atoms with van der Waals surface area (Å²) in [4.78, 5) is 37.8. The second-order valence-electron chi connectivity index (χ2n) is 6.44. The Morgan fingerprint density at radius 1 is 1.00 bits per heavy atom. The fourth-order valence-electron chi connectivity index (χ4n) is 2.50. The first-order valence-corrected chi connectivity index (χ1v) is 8.19. The third kappa shape index (κ3) is 4.59. The van der Waals surface area contributed by atoms with Gasteiger partial charge in [-0.15, -0.1) is 0 Å². The standard InChI is InChI=1S/C15H24BrNO6/c1-14(2,3)23-13(20)17-8-6-10(7-9-17)15(16,11(18)21-4)12(19)22-5/h10H,6-9H2,1-5H3. The van der Waals surface area contributed by atoms with Crippen molar-refractivity contribution in [1.82, 2.24) is 4.90 Å². The number of carbonyl (C=O) groups excluding carboxylic acids is 3. The molecule has 1 rings (SSSR count). The zero-order valence-electron chi connectivity index (χ0n) is 14.2. The lowest BCUT2D eigenvalue weighted by atomic mass is 9.84. The normalized spacial score (nSPS) is 16.7. The first-order valence-electron chi connectivity index (χ1n) is 7.40. The predicted molar refractivity (Wildman–Crippen MR) is 86.2 cm³/mol. The summed E-state index contributed by atoms with van der Waals surface area (Å²) in [5.41, 5.74) is -0.564. The van der Waals surface area contributed by atoms with Crippen LogP contribution >= 0.6 is 15.9 Å². The van der Waals surface area contributed by atoms with Crippen molar-refractivity contribution < 1.29 is 28.6 Å². The van der Waals surface area contributed by atoms with E-state index >= 15 is 0 Å². The molecular weight excluding hydrogens is 370 g/mol. The minimum Gasteiger partial charge on any atom is -0.468 e. The van der Waals surface area contributed by atoms with Gasteiger partial charge in [-0.1, -0.05) is 15.9 Å². The molecule has 0 aromatic rings. The van der Waals surface area contributed by atoms with Crippen molar-refractivity contribution in [2.45, 2.75) is 43.5 Å². The number of rotatable bonds is 3. The Morgan fingerprint density at radius 3 is 1.78 bits per heavy atom. The van der Waals surface area contributed by atoms with Crippen molar-refractivity contribution in [2.24, 2.45) is 5.92 Å². The molecule has 0 spiro atoms. The van der Waals surface area contributed by atoms with E-state index in [2.05, 4.69) is 15.9 Å². The number of nitrogens with zero attached hydrogens (tertiary/aromatic N) is 1. The first-order chi connectivity index (χ1) is 10.6. The van der Waals surface area contributed by atoms with Gasteiger partial charge in [0.05, 0.1) is 14.2 Å². The van der Waals surface area contributed by atoms with Gasteiger partial charge in [-0.05, 0) is 39.5 Å². The Hall–Kier alpha value is -1.31. The lowest BCUT2D eigenvalue weighted by Crippen LogP contribution is -2.53. The van der Waals surface area contributed by atoms with Crippen molar-refractivity contribution in [3.8, 4) is 0 Å². The fourth-order valence-corrected chi connectivity index (χ4v) is 3.28. The molecule has 0 aromatic carbocycles. The second kappa shape index (κ2) is 7.51. The van der Waals surface area contributed by atoms with Gasteiger partial charge in [0, 0.05) is 13.1 Å². The SMILES string of the molecule is COC(=O)C(Br)(C(=O)OC)C1CCN(C(=O)OC(C)(C)C)CC1. The maximum Gasteiger partial charge on any atom is 0.410 e. The highest BCUT2D eigenvalue weighted by molar-refractivity contribution is 9.10. The summed E-state index contributed by atoms with van der Waals surface area (Å²) in [6.45, 7) is 6.18. The molecule has 0 N–H and O–H groups in total. The lowest BCUT2D eigenvalue weighted by Gasteiger charge is -2.38. The number of esters is 2. The minimum absolute atomic E-state index is 0.332. The van der Waals surface area contributed by atoms with Gasteiger partial charge < -0.3 is 19.1 Å². The number of carbonyl (C=O) groups is 3. The van der Waals surface area contributed by atoms with Gasteiger partial charge in [-0.25, -0.2) is 14.4 Å². The van der Waals surface area contributed by atoms with Crippen LogP contribution in [0.4, 0.5) is 4.79 Å². The fraction of sp³-hybridized carbons (Fsp3) is 0.800. The third-order valence-corrected chi connectivity index (χ3v) is 4.97. The average molecular weight is 394 g/mol. The third-order valence-electron chi connectivity index (χ3n) is 3.67. The highest BCUT2D eigenvalue weighted by Crippen LogP contribution is 2.38. The number of ether oxygens (including phenoxy) is 3. The largest absolute Gasteiger partial charge is 0.468 e. The van der Waals surface area contributed by atoms with Crippen LogP contribution in [0.1, 0.15) is 33.6 Å². The van der Waals surface area contributed by atoms with E-state index in [-0.39, 0.29) is 5.92 Å². The molecule has 0 aliphatic carbocycles. The Morgan fingerprint density at radius 2 is 1.43 bits per heavy atom. The Labute approximate surface area is 144 Å². The molecule has 0 radical (unpaired) electrons. The summed E-state index contributed by atoms with van der Waals surface area (Å²) in [7, 11) is 2.44. The zero-order chi connectivity index (χ0) is 17.8. The molecule has 1 aliphatic heterocycles. The molecule has 1 amide bonds. The molecule has 7 nitrogen and oxygen atoms in total. The van der Waals surface area contributed by atoms with Crippen LogP contribution in [0.25, 0.3) is 0 Å². The van der Waals surface area contributed by atoms with E-state index in [1.807, 2.05) is 0 Å². The summed E-state index contributed by atoms with van der Waals surface area (Å²) in [5.74, 6) is -1.72. The molecule has 1 heterocycles. The van der Waals surface area contributed by atoms with E-state index in [0.717, 1.165) is 0 Å². The summed E-state index contributed by atoms with van der Waals surface area (Å²) in [6.07, 6.45) is 0.510. The number of likely N-dealkylation sites (tertiary alicyclic amines) is 1. The van der Waals surface area contributed by atoms with Crippen LogP contribution in [0.15, 0.2) is 0 Å². The van der Waals surface area contributed by atoms with Crippen LogP contribution in [-0.4, -0.2) is 60.2 Å². The highest BCUT2D eigenvalue weighted by Gasteiger charge is 2.53. The molecule has 8 heteroatoms. The number of hydrogen-bond acceptors (Lipinski definition) is 6. The molecule has 132 valence electrons. The molecule has 1 fully saturated rings. The van der Waals surface area contributed by atoms with Gasteiger partial charge in [-0.3, -0.25) is 0 Å². The van der Waals surface area contributed by atoms with Crippen LogP contribution in [-0.2, 0) is 23.8 Å². The van der Waals surface area contributed by atoms with Crippen LogP contribution in [0.5, 0.6) is 0 Å². The highest BCUT2D eigenvalue weighted by atomic mass is 79.9. The maximum absolute atomic E-state index is 12.1. The molecule has 0 saturated carbocycles. The molecule has 0 aromatic heterocycles. The summed E-state index contributed by atoms with van der Waals surface area (Å²) in [6, 6.07) is 0. The van der Waals surface area contributed by atoms with E-state index in [9.17, 15) is 14.4 Å². The number of hydrogen-bond donors (Lipinski definition) is 0. The number of alkyl halides is 1. The van der Waals surface area contributed by atoms with Crippen molar-refractivity contribution in [2.75, 3.05) is 27.3 Å². The smallest absolute Gasteiger partial charge is 0.410 e. The molecule has 0 atom stereocenters. The number of methoxy groups -OCH3 is 2. The monoisotopic (exact) mass is 393 g/mol. The van der Waals surface area contributed by atoms with Crippen LogP contribution < -0.4 is 0 Å². The van der Waals surface area contributed by atoms with E-state index < -0.39 is 28.0 Å². The van der Waals surface area contributed by atoms with Crippen molar-refractivity contribution in [3.05, 3.63) is 0 Å². The molecular formula is C15H24BrNO6.